The van der Waals surface area contributed by atoms with Gasteiger partial charge in [0, 0.05) is 24.5 Å². The molecule has 1 saturated heterocycles. The largest absolute Gasteiger partial charge is 0.372 e. The molecule has 172 valence electrons. The molecule has 2 heterocycles. The SMILES string of the molecule is O=C1C(Nc2ccc(N3CCCCC3)cc2)=C(c2ccc(F)cc2)C(=O)N1c1cccc(F)c1. The van der Waals surface area contributed by atoms with Gasteiger partial charge in [0.25, 0.3) is 11.8 Å². The zero-order chi connectivity index (χ0) is 23.7. The van der Waals surface area contributed by atoms with Crippen LogP contribution in [0.1, 0.15) is 24.8 Å². The number of piperidine rings is 1. The molecule has 2 amide bonds. The van der Waals surface area contributed by atoms with E-state index in [-0.39, 0.29) is 17.0 Å². The van der Waals surface area contributed by atoms with E-state index in [1.807, 2.05) is 24.3 Å². The van der Waals surface area contributed by atoms with Crippen LogP contribution in [0.3, 0.4) is 0 Å². The molecular weight excluding hydrogens is 436 g/mol. The first-order valence-corrected chi connectivity index (χ1v) is 11.3. The smallest absolute Gasteiger partial charge is 0.282 e. The second-order valence-corrected chi connectivity index (χ2v) is 8.40. The highest BCUT2D eigenvalue weighted by molar-refractivity contribution is 6.46. The number of nitrogens with one attached hydrogen (secondary N) is 1. The number of hydrogen-bond acceptors (Lipinski definition) is 4. The van der Waals surface area contributed by atoms with Crippen molar-refractivity contribution in [3.05, 3.63) is 95.7 Å². The summed E-state index contributed by atoms with van der Waals surface area (Å²) >= 11 is 0. The van der Waals surface area contributed by atoms with Gasteiger partial charge in [0.05, 0.1) is 11.3 Å². The number of hydrogen-bond donors (Lipinski definition) is 1. The molecule has 0 saturated carbocycles. The first-order valence-electron chi connectivity index (χ1n) is 11.3. The van der Waals surface area contributed by atoms with Gasteiger partial charge in [-0.1, -0.05) is 18.2 Å². The van der Waals surface area contributed by atoms with Crippen LogP contribution in [0.15, 0.2) is 78.5 Å². The summed E-state index contributed by atoms with van der Waals surface area (Å²) in [6, 6.07) is 18.4. The van der Waals surface area contributed by atoms with E-state index in [4.69, 9.17) is 0 Å². The summed E-state index contributed by atoms with van der Waals surface area (Å²) in [5.74, 6) is -2.22. The third-order valence-corrected chi connectivity index (χ3v) is 6.14. The number of carbonyl (C=O) groups is 2. The first-order chi connectivity index (χ1) is 16.5. The maximum Gasteiger partial charge on any atom is 0.282 e. The second-order valence-electron chi connectivity index (χ2n) is 8.40. The lowest BCUT2D eigenvalue weighted by Gasteiger charge is -2.28. The molecule has 2 aliphatic rings. The van der Waals surface area contributed by atoms with Crippen LogP contribution in [0.2, 0.25) is 0 Å². The summed E-state index contributed by atoms with van der Waals surface area (Å²) in [6.07, 6.45) is 3.58. The highest BCUT2D eigenvalue weighted by atomic mass is 19.1. The van der Waals surface area contributed by atoms with Crippen molar-refractivity contribution in [2.45, 2.75) is 19.3 Å². The lowest BCUT2D eigenvalue weighted by molar-refractivity contribution is -0.120. The summed E-state index contributed by atoms with van der Waals surface area (Å²) in [5, 5.41) is 3.09. The number of benzene rings is 3. The van der Waals surface area contributed by atoms with E-state index in [0.717, 1.165) is 29.7 Å². The molecule has 0 bridgehead atoms. The molecule has 7 heteroatoms. The normalized spacial score (nSPS) is 16.4. The molecule has 1 fully saturated rings. The van der Waals surface area contributed by atoms with Crippen LogP contribution in [-0.2, 0) is 9.59 Å². The summed E-state index contributed by atoms with van der Waals surface area (Å²) in [4.78, 5) is 30.0. The van der Waals surface area contributed by atoms with Gasteiger partial charge in [-0.15, -0.1) is 0 Å². The van der Waals surface area contributed by atoms with Crippen LogP contribution in [0.25, 0.3) is 5.57 Å². The minimum atomic E-state index is -0.602. The fourth-order valence-corrected chi connectivity index (χ4v) is 4.43. The van der Waals surface area contributed by atoms with Crippen molar-refractivity contribution in [3.63, 3.8) is 0 Å². The molecule has 34 heavy (non-hydrogen) atoms. The molecule has 0 spiro atoms. The monoisotopic (exact) mass is 459 g/mol. The average Bonchev–Trinajstić information content (AvgIpc) is 3.10. The van der Waals surface area contributed by atoms with Crippen molar-refractivity contribution < 1.29 is 18.4 Å². The van der Waals surface area contributed by atoms with E-state index in [9.17, 15) is 18.4 Å². The van der Waals surface area contributed by atoms with Gasteiger partial charge >= 0.3 is 0 Å². The van der Waals surface area contributed by atoms with Gasteiger partial charge in [0.1, 0.15) is 17.3 Å². The fourth-order valence-electron chi connectivity index (χ4n) is 4.43. The Kier molecular flexibility index (Phi) is 5.84. The summed E-state index contributed by atoms with van der Waals surface area (Å²) in [5.41, 5.74) is 2.43. The Morgan fingerprint density at radius 3 is 2.09 bits per heavy atom. The summed E-state index contributed by atoms with van der Waals surface area (Å²) in [6.45, 7) is 2.03. The minimum Gasteiger partial charge on any atom is -0.372 e. The van der Waals surface area contributed by atoms with Crippen molar-refractivity contribution in [1.29, 1.82) is 0 Å². The fraction of sp³-hybridized carbons (Fsp3) is 0.185. The van der Waals surface area contributed by atoms with Crippen molar-refractivity contribution in [3.8, 4) is 0 Å². The maximum absolute atomic E-state index is 13.9. The van der Waals surface area contributed by atoms with E-state index in [1.165, 1.54) is 61.7 Å². The van der Waals surface area contributed by atoms with E-state index in [0.29, 0.717) is 11.3 Å². The van der Waals surface area contributed by atoms with Crippen molar-refractivity contribution >= 4 is 34.4 Å². The van der Waals surface area contributed by atoms with Crippen molar-refractivity contribution in [1.82, 2.24) is 0 Å². The molecule has 3 aromatic carbocycles. The molecule has 0 aromatic heterocycles. The maximum atomic E-state index is 13.9. The van der Waals surface area contributed by atoms with Gasteiger partial charge in [-0.3, -0.25) is 9.59 Å². The molecule has 0 unspecified atom stereocenters. The van der Waals surface area contributed by atoms with Crippen LogP contribution in [-0.4, -0.2) is 24.9 Å². The molecule has 0 atom stereocenters. The van der Waals surface area contributed by atoms with Gasteiger partial charge in [0.2, 0.25) is 0 Å². The van der Waals surface area contributed by atoms with Crippen LogP contribution < -0.4 is 15.1 Å². The quantitative estimate of drug-likeness (QED) is 0.523. The number of halogens is 2. The highest BCUT2D eigenvalue weighted by Crippen LogP contribution is 2.34. The Hall–Kier alpha value is -4.00. The number of amides is 2. The molecule has 2 aliphatic heterocycles. The van der Waals surface area contributed by atoms with Crippen LogP contribution in [0.5, 0.6) is 0 Å². The molecule has 1 N–H and O–H groups in total. The second kappa shape index (κ2) is 9.09. The molecule has 3 aromatic rings. The Morgan fingerprint density at radius 1 is 0.706 bits per heavy atom. The summed E-state index contributed by atoms with van der Waals surface area (Å²) < 4.78 is 27.4. The Labute approximate surface area is 196 Å². The predicted molar refractivity (Wildman–Crippen MR) is 128 cm³/mol. The summed E-state index contributed by atoms with van der Waals surface area (Å²) in [7, 11) is 0. The van der Waals surface area contributed by atoms with Crippen molar-refractivity contribution in [2.24, 2.45) is 0 Å². The lowest BCUT2D eigenvalue weighted by atomic mass is 10.0. The van der Waals surface area contributed by atoms with Crippen LogP contribution in [0.4, 0.5) is 25.8 Å². The third kappa shape index (κ3) is 4.17. The Morgan fingerprint density at radius 2 is 1.41 bits per heavy atom. The van der Waals surface area contributed by atoms with Gasteiger partial charge < -0.3 is 10.2 Å². The number of nitrogens with zero attached hydrogens (tertiary/aromatic N) is 2. The van der Waals surface area contributed by atoms with E-state index in [2.05, 4.69) is 10.2 Å². The molecule has 5 nitrogen and oxygen atoms in total. The lowest BCUT2D eigenvalue weighted by Crippen LogP contribution is -2.32. The molecule has 0 radical (unpaired) electrons. The van der Waals surface area contributed by atoms with Gasteiger partial charge in [0.15, 0.2) is 0 Å². The first kappa shape index (κ1) is 21.8. The Balaban J connectivity index is 1.50. The van der Waals surface area contributed by atoms with Crippen LogP contribution in [0, 0.1) is 11.6 Å². The number of anilines is 3. The zero-order valence-electron chi connectivity index (χ0n) is 18.4. The number of rotatable bonds is 5. The third-order valence-electron chi connectivity index (χ3n) is 6.14. The highest BCUT2D eigenvalue weighted by Gasteiger charge is 2.40. The number of carbonyl (C=O) groups excluding carboxylic acids is 2. The standard InChI is InChI=1S/C27H23F2N3O2/c28-19-9-7-18(8-10-19)24-25(27(34)32(26(24)33)23-6-4-5-20(29)17-23)30-21-11-13-22(14-12-21)31-15-2-1-3-16-31/h4-14,17,30H,1-3,15-16H2. The van der Waals surface area contributed by atoms with Gasteiger partial charge in [-0.25, -0.2) is 13.7 Å². The van der Waals surface area contributed by atoms with Gasteiger partial charge in [-0.2, -0.15) is 0 Å². The van der Waals surface area contributed by atoms with E-state index < -0.39 is 23.4 Å². The molecule has 5 rings (SSSR count). The molecule has 0 aliphatic carbocycles. The van der Waals surface area contributed by atoms with Crippen LogP contribution >= 0.6 is 0 Å². The molecular formula is C27H23F2N3O2. The van der Waals surface area contributed by atoms with Gasteiger partial charge in [-0.05, 0) is 79.4 Å². The minimum absolute atomic E-state index is 0.0617. The predicted octanol–water partition coefficient (Wildman–Crippen LogP) is 5.35. The number of imide groups is 1. The average molecular weight is 459 g/mol. The zero-order valence-corrected chi connectivity index (χ0v) is 18.4. The van der Waals surface area contributed by atoms with Crippen molar-refractivity contribution in [2.75, 3.05) is 28.2 Å². The Bertz CT molecular complexity index is 1260. The topological polar surface area (TPSA) is 52.7 Å². The van der Waals surface area contributed by atoms with E-state index in [1.54, 1.807) is 0 Å². The van der Waals surface area contributed by atoms with E-state index >= 15 is 0 Å².